The third kappa shape index (κ3) is 7.52. The van der Waals surface area contributed by atoms with Gasteiger partial charge in [-0.3, -0.25) is 4.79 Å². The van der Waals surface area contributed by atoms with Gasteiger partial charge in [-0.2, -0.15) is 0 Å². The van der Waals surface area contributed by atoms with Crippen molar-refractivity contribution in [1.29, 1.82) is 0 Å². The number of hydrogen-bond acceptors (Lipinski definition) is 6. The van der Waals surface area contributed by atoms with Crippen LogP contribution in [-0.2, 0) is 17.8 Å². The first-order valence-electron chi connectivity index (χ1n) is 11.4. The van der Waals surface area contributed by atoms with E-state index >= 15 is 0 Å². The molecular weight excluding hydrogens is 420 g/mol. The monoisotopic (exact) mass is 450 g/mol. The summed E-state index contributed by atoms with van der Waals surface area (Å²) in [5.41, 5.74) is 1.91. The van der Waals surface area contributed by atoms with Crippen LogP contribution in [0.25, 0.3) is 11.4 Å². The Morgan fingerprint density at radius 1 is 1.00 bits per heavy atom. The number of aromatic carboxylic acids is 1. The maximum atomic E-state index is 12.4. The highest BCUT2D eigenvalue weighted by Gasteiger charge is 2.14. The van der Waals surface area contributed by atoms with E-state index in [4.69, 9.17) is 9.84 Å². The molecule has 0 fully saturated rings. The number of benzene rings is 2. The molecular formula is C25H30N4O4. The van der Waals surface area contributed by atoms with E-state index in [1.165, 1.54) is 60.9 Å². The summed E-state index contributed by atoms with van der Waals surface area (Å²) < 4.78 is 6.97. The predicted molar refractivity (Wildman–Crippen MR) is 124 cm³/mol. The largest absolute Gasteiger partial charge is 0.486 e. The number of nitrogens with zero attached hydrogens (tertiary/aromatic N) is 4. The van der Waals surface area contributed by atoms with E-state index in [0.29, 0.717) is 17.1 Å². The van der Waals surface area contributed by atoms with Crippen LogP contribution in [0.4, 0.5) is 0 Å². The van der Waals surface area contributed by atoms with Crippen LogP contribution >= 0.6 is 0 Å². The lowest BCUT2D eigenvalue weighted by Gasteiger charge is -2.08. The Hall–Kier alpha value is -3.55. The van der Waals surface area contributed by atoms with Crippen LogP contribution < -0.4 is 4.74 Å². The number of Topliss-reactive ketones (excluding diaryl/α,β-unsaturated/α-hetero) is 1. The van der Waals surface area contributed by atoms with Crippen LogP contribution in [-0.4, -0.2) is 43.7 Å². The Labute approximate surface area is 193 Å². The second kappa shape index (κ2) is 12.5. The standard InChI is InChI=1S/C25H30N4O4/c1-2-3-4-5-6-7-9-19-12-14-23(15-13-19)33-18-22(30)17-29-24(26-27-28-29)20-10-8-11-21(16-20)25(31)32/h8,10-16H,2-7,9,17-18H2,1H3,(H,31,32). The lowest BCUT2D eigenvalue weighted by atomic mass is 10.0. The van der Waals surface area contributed by atoms with E-state index in [9.17, 15) is 9.59 Å². The fraction of sp³-hybridized carbons (Fsp3) is 0.400. The van der Waals surface area contributed by atoms with E-state index in [1.54, 1.807) is 12.1 Å². The maximum absolute atomic E-state index is 12.4. The number of rotatable bonds is 14. The molecule has 3 rings (SSSR count). The number of ether oxygens (including phenoxy) is 1. The Morgan fingerprint density at radius 3 is 2.52 bits per heavy atom. The number of carboxylic acid groups (broad SMARTS) is 1. The first kappa shape index (κ1) is 24.1. The van der Waals surface area contributed by atoms with Crippen molar-refractivity contribution in [1.82, 2.24) is 20.2 Å². The Kier molecular flexibility index (Phi) is 9.11. The fourth-order valence-corrected chi connectivity index (χ4v) is 3.55. The molecule has 0 aliphatic rings. The average molecular weight is 451 g/mol. The molecule has 174 valence electrons. The van der Waals surface area contributed by atoms with Crippen molar-refractivity contribution in [3.63, 3.8) is 0 Å². The summed E-state index contributed by atoms with van der Waals surface area (Å²) in [7, 11) is 0. The van der Waals surface area contributed by atoms with Gasteiger partial charge >= 0.3 is 5.97 Å². The molecule has 8 nitrogen and oxygen atoms in total. The number of carbonyl (C=O) groups excluding carboxylic acids is 1. The van der Waals surface area contributed by atoms with Crippen molar-refractivity contribution in [2.45, 2.75) is 58.4 Å². The van der Waals surface area contributed by atoms with Crippen LogP contribution in [0, 0.1) is 0 Å². The minimum Gasteiger partial charge on any atom is -0.486 e. The molecule has 33 heavy (non-hydrogen) atoms. The summed E-state index contributed by atoms with van der Waals surface area (Å²) in [6.45, 7) is 2.05. The van der Waals surface area contributed by atoms with E-state index in [-0.39, 0.29) is 24.5 Å². The number of hydrogen-bond donors (Lipinski definition) is 1. The van der Waals surface area contributed by atoms with E-state index in [2.05, 4.69) is 22.4 Å². The SMILES string of the molecule is CCCCCCCCc1ccc(OCC(=O)Cn2nnnc2-c2cccc(C(=O)O)c2)cc1. The summed E-state index contributed by atoms with van der Waals surface area (Å²) in [4.78, 5) is 23.6. The molecule has 0 spiro atoms. The lowest BCUT2D eigenvalue weighted by Crippen LogP contribution is -2.19. The van der Waals surface area contributed by atoms with Crippen LogP contribution in [0.1, 0.15) is 61.4 Å². The molecule has 8 heteroatoms. The van der Waals surface area contributed by atoms with Crippen LogP contribution in [0.3, 0.4) is 0 Å². The van der Waals surface area contributed by atoms with Crippen LogP contribution in [0.5, 0.6) is 5.75 Å². The van der Waals surface area contributed by atoms with Gasteiger partial charge in [0.25, 0.3) is 0 Å². The highest BCUT2D eigenvalue weighted by atomic mass is 16.5. The van der Waals surface area contributed by atoms with Gasteiger partial charge in [0, 0.05) is 5.56 Å². The normalized spacial score (nSPS) is 10.8. The first-order chi connectivity index (χ1) is 16.1. The van der Waals surface area contributed by atoms with Gasteiger partial charge in [-0.1, -0.05) is 63.3 Å². The molecule has 1 aromatic heterocycles. The third-order valence-corrected chi connectivity index (χ3v) is 5.37. The lowest BCUT2D eigenvalue weighted by molar-refractivity contribution is -0.121. The molecule has 0 aliphatic carbocycles. The van der Waals surface area contributed by atoms with Gasteiger partial charge in [-0.05, 0) is 53.1 Å². The molecule has 1 N–H and O–H groups in total. The van der Waals surface area contributed by atoms with Gasteiger partial charge in [0.2, 0.25) is 0 Å². The summed E-state index contributed by atoms with van der Waals surface area (Å²) in [5.74, 6) is -0.279. The summed E-state index contributed by atoms with van der Waals surface area (Å²) in [6, 6.07) is 14.1. The predicted octanol–water partition coefficient (Wildman–Crippen LogP) is 4.59. The highest BCUT2D eigenvalue weighted by Crippen LogP contribution is 2.18. The summed E-state index contributed by atoms with van der Waals surface area (Å²) in [5, 5.41) is 20.6. The molecule has 0 aliphatic heterocycles. The molecule has 0 saturated heterocycles. The number of tetrazole rings is 1. The molecule has 0 bridgehead atoms. The molecule has 3 aromatic rings. The quantitative estimate of drug-likeness (QED) is 0.358. The fourth-order valence-electron chi connectivity index (χ4n) is 3.55. The Morgan fingerprint density at radius 2 is 1.76 bits per heavy atom. The molecule has 2 aromatic carbocycles. The van der Waals surface area contributed by atoms with Crippen LogP contribution in [0.2, 0.25) is 0 Å². The number of carboxylic acids is 1. The number of aryl methyl sites for hydroxylation is 1. The molecule has 0 atom stereocenters. The highest BCUT2D eigenvalue weighted by molar-refractivity contribution is 5.89. The number of carbonyl (C=O) groups is 2. The topological polar surface area (TPSA) is 107 Å². The zero-order valence-electron chi connectivity index (χ0n) is 18.9. The number of unbranched alkanes of at least 4 members (excludes halogenated alkanes) is 5. The van der Waals surface area contributed by atoms with Crippen molar-refractivity contribution in [2.24, 2.45) is 0 Å². The summed E-state index contributed by atoms with van der Waals surface area (Å²) >= 11 is 0. The summed E-state index contributed by atoms with van der Waals surface area (Å²) in [6.07, 6.45) is 8.69. The third-order valence-electron chi connectivity index (χ3n) is 5.37. The second-order valence-corrected chi connectivity index (χ2v) is 8.04. The van der Waals surface area contributed by atoms with Crippen molar-refractivity contribution >= 4 is 11.8 Å². The van der Waals surface area contributed by atoms with Gasteiger partial charge < -0.3 is 9.84 Å². The Bertz CT molecular complexity index is 1050. The molecule has 0 saturated carbocycles. The minimum atomic E-state index is -1.04. The average Bonchev–Trinajstić information content (AvgIpc) is 3.29. The van der Waals surface area contributed by atoms with E-state index in [1.807, 2.05) is 24.3 Å². The van der Waals surface area contributed by atoms with Gasteiger partial charge in [-0.25, -0.2) is 9.48 Å². The Balaban J connectivity index is 1.47. The van der Waals surface area contributed by atoms with Crippen molar-refractivity contribution in [3.8, 4) is 17.1 Å². The van der Waals surface area contributed by atoms with Gasteiger partial charge in [-0.15, -0.1) is 5.10 Å². The van der Waals surface area contributed by atoms with Gasteiger partial charge in [0.1, 0.15) is 18.9 Å². The molecule has 0 unspecified atom stereocenters. The smallest absolute Gasteiger partial charge is 0.335 e. The zero-order valence-corrected chi connectivity index (χ0v) is 18.9. The molecule has 1 heterocycles. The number of ketones is 1. The van der Waals surface area contributed by atoms with E-state index in [0.717, 1.165) is 6.42 Å². The maximum Gasteiger partial charge on any atom is 0.335 e. The number of aromatic nitrogens is 4. The minimum absolute atomic E-state index is 0.0737. The first-order valence-corrected chi connectivity index (χ1v) is 11.4. The van der Waals surface area contributed by atoms with Gasteiger partial charge in [0.05, 0.1) is 5.56 Å². The molecule has 0 amide bonds. The second-order valence-electron chi connectivity index (χ2n) is 8.04. The van der Waals surface area contributed by atoms with Crippen molar-refractivity contribution < 1.29 is 19.4 Å². The van der Waals surface area contributed by atoms with Crippen LogP contribution in [0.15, 0.2) is 48.5 Å². The van der Waals surface area contributed by atoms with Gasteiger partial charge in [0.15, 0.2) is 11.6 Å². The van der Waals surface area contributed by atoms with Crippen molar-refractivity contribution in [3.05, 3.63) is 59.7 Å². The van der Waals surface area contributed by atoms with Crippen molar-refractivity contribution in [2.75, 3.05) is 6.61 Å². The zero-order chi connectivity index (χ0) is 23.5. The molecule has 0 radical (unpaired) electrons. The van der Waals surface area contributed by atoms with E-state index < -0.39 is 5.97 Å².